The lowest BCUT2D eigenvalue weighted by molar-refractivity contribution is -0.161. The molecule has 0 aromatic heterocycles. The molecule has 2 heterocycles. The van der Waals surface area contributed by atoms with Crippen molar-refractivity contribution in [2.24, 2.45) is 0 Å². The van der Waals surface area contributed by atoms with Gasteiger partial charge < -0.3 is 20.1 Å². The third-order valence-corrected chi connectivity index (χ3v) is 5.63. The molecule has 0 radical (unpaired) electrons. The van der Waals surface area contributed by atoms with Crippen LogP contribution in [-0.4, -0.2) is 57.5 Å². The van der Waals surface area contributed by atoms with E-state index in [0.29, 0.717) is 16.9 Å². The summed E-state index contributed by atoms with van der Waals surface area (Å²) in [6, 6.07) is 6.44. The summed E-state index contributed by atoms with van der Waals surface area (Å²) in [7, 11) is 0. The smallest absolute Gasteiger partial charge is 0.330 e. The van der Waals surface area contributed by atoms with Crippen molar-refractivity contribution in [3.63, 3.8) is 0 Å². The van der Waals surface area contributed by atoms with Gasteiger partial charge in [-0.2, -0.15) is 0 Å². The number of carboxylic acids is 1. The lowest BCUT2D eigenvalue weighted by atomic mass is 9.98. The molecular weight excluding hydrogens is 360 g/mol. The number of carbonyl (C=O) groups excluding carboxylic acids is 3. The van der Waals surface area contributed by atoms with E-state index < -0.39 is 41.3 Å². The van der Waals surface area contributed by atoms with E-state index in [0.717, 1.165) is 0 Å². The third-order valence-electron chi connectivity index (χ3n) is 4.25. The van der Waals surface area contributed by atoms with Crippen LogP contribution >= 0.6 is 11.8 Å². The Labute approximate surface area is 153 Å². The number of ether oxygens (including phenoxy) is 1. The molecule has 1 aromatic rings. The van der Waals surface area contributed by atoms with Crippen molar-refractivity contribution in [2.75, 3.05) is 5.75 Å². The topological polar surface area (TPSA) is 113 Å². The minimum atomic E-state index is -1.19. The fourth-order valence-corrected chi connectivity index (χ4v) is 4.34. The number of β-lactam (4-membered cyclic amide) rings is 1. The molecule has 3 unspecified atom stereocenters. The lowest BCUT2D eigenvalue weighted by Gasteiger charge is -2.52. The molecule has 2 saturated heterocycles. The Kier molecular flexibility index (Phi) is 4.99. The van der Waals surface area contributed by atoms with Gasteiger partial charge in [-0.05, 0) is 5.57 Å². The third kappa shape index (κ3) is 3.05. The first-order chi connectivity index (χ1) is 12.5. The molecule has 9 heteroatoms. The van der Waals surface area contributed by atoms with Crippen LogP contribution in [0.25, 0.3) is 0 Å². The van der Waals surface area contributed by atoms with Crippen molar-refractivity contribution in [1.29, 1.82) is 0 Å². The molecule has 2 N–H and O–H groups in total. The molecule has 0 bridgehead atoms. The molecule has 2 fully saturated rings. The highest BCUT2D eigenvalue weighted by atomic mass is 32.2. The number of carbonyl (C=O) groups is 4. The Balaban J connectivity index is 1.74. The van der Waals surface area contributed by atoms with E-state index in [-0.39, 0.29) is 6.47 Å². The average Bonchev–Trinajstić information content (AvgIpc) is 2.64. The number of benzene rings is 1. The number of carboxylic acid groups (broad SMARTS) is 1. The van der Waals surface area contributed by atoms with E-state index in [1.165, 1.54) is 16.7 Å². The molecule has 4 atom stereocenters. The second kappa shape index (κ2) is 7.20. The van der Waals surface area contributed by atoms with Crippen LogP contribution in [0.1, 0.15) is 11.7 Å². The Hall–Kier alpha value is -2.81. The number of amides is 2. The van der Waals surface area contributed by atoms with Crippen molar-refractivity contribution in [1.82, 2.24) is 10.2 Å². The molecule has 2 aliphatic heterocycles. The molecule has 26 heavy (non-hydrogen) atoms. The van der Waals surface area contributed by atoms with Crippen molar-refractivity contribution in [2.45, 2.75) is 23.6 Å². The van der Waals surface area contributed by atoms with Gasteiger partial charge in [0.05, 0.1) is 0 Å². The fraction of sp³-hybridized carbons (Fsp3) is 0.294. The van der Waals surface area contributed by atoms with Gasteiger partial charge in [0.15, 0.2) is 6.04 Å². The molecule has 2 amide bonds. The first-order valence-corrected chi connectivity index (χ1v) is 8.79. The predicted octanol–water partition coefficient (Wildman–Crippen LogP) is 0.310. The highest BCUT2D eigenvalue weighted by molar-refractivity contribution is 8.00. The highest BCUT2D eigenvalue weighted by Crippen LogP contribution is 2.40. The molecule has 0 saturated carbocycles. The summed E-state index contributed by atoms with van der Waals surface area (Å²) < 4.78 is 4.87. The van der Waals surface area contributed by atoms with Crippen LogP contribution < -0.4 is 5.32 Å². The van der Waals surface area contributed by atoms with Gasteiger partial charge in [0, 0.05) is 11.3 Å². The van der Waals surface area contributed by atoms with Crippen LogP contribution in [0, 0.1) is 0 Å². The number of aliphatic carboxylic acids is 1. The van der Waals surface area contributed by atoms with Gasteiger partial charge in [-0.3, -0.25) is 14.4 Å². The zero-order valence-electron chi connectivity index (χ0n) is 13.5. The number of fused-ring (bicyclic) bond motifs is 1. The predicted molar refractivity (Wildman–Crippen MR) is 91.9 cm³/mol. The van der Waals surface area contributed by atoms with E-state index in [9.17, 15) is 24.3 Å². The van der Waals surface area contributed by atoms with Gasteiger partial charge in [-0.25, -0.2) is 4.79 Å². The SMILES string of the molecule is C=C1CS[C@@H]2C(NC(=O)C(OC=O)c3ccccc3)C(=O)N2C1C(=O)O. The largest absolute Gasteiger partial charge is 0.479 e. The number of rotatable bonds is 6. The van der Waals surface area contributed by atoms with Crippen LogP contribution in [-0.2, 0) is 23.9 Å². The standard InChI is InChI=1S/C17H16N2O6S/c1-9-7-26-16-11(15(22)19(16)12(9)17(23)24)18-14(21)13(25-8-20)10-5-3-2-4-6-10/h2-6,8,11-13,16H,1,7H2,(H,18,21)(H,23,24)/t11?,12?,13?,16-/m1/s1. The summed E-state index contributed by atoms with van der Waals surface area (Å²) in [6.45, 7) is 3.88. The van der Waals surface area contributed by atoms with Gasteiger partial charge in [-0.1, -0.05) is 36.9 Å². The molecule has 8 nitrogen and oxygen atoms in total. The fourth-order valence-electron chi connectivity index (χ4n) is 3.04. The van der Waals surface area contributed by atoms with Crippen molar-refractivity contribution in [3.05, 3.63) is 48.0 Å². The number of thioether (sulfide) groups is 1. The van der Waals surface area contributed by atoms with Crippen molar-refractivity contribution >= 4 is 36.0 Å². The minimum Gasteiger partial charge on any atom is -0.479 e. The van der Waals surface area contributed by atoms with Crippen molar-refractivity contribution in [3.8, 4) is 0 Å². The average molecular weight is 376 g/mol. The zero-order valence-corrected chi connectivity index (χ0v) is 14.3. The van der Waals surface area contributed by atoms with Crippen molar-refractivity contribution < 1.29 is 29.0 Å². The number of hydrogen-bond donors (Lipinski definition) is 2. The second-order valence-corrected chi connectivity index (χ2v) is 6.96. The molecule has 136 valence electrons. The van der Waals surface area contributed by atoms with Crippen LogP contribution in [0.2, 0.25) is 0 Å². The van der Waals surface area contributed by atoms with E-state index in [1.807, 2.05) is 0 Å². The Morgan fingerprint density at radius 1 is 1.38 bits per heavy atom. The van der Waals surface area contributed by atoms with Gasteiger partial charge in [-0.15, -0.1) is 11.8 Å². The summed E-state index contributed by atoms with van der Waals surface area (Å²) in [5, 5.41) is 11.4. The molecule has 0 spiro atoms. The Morgan fingerprint density at radius 2 is 2.08 bits per heavy atom. The maximum absolute atomic E-state index is 12.5. The first kappa shape index (κ1) is 18.0. The summed E-state index contributed by atoms with van der Waals surface area (Å²) in [6.07, 6.45) is -1.19. The maximum atomic E-state index is 12.5. The maximum Gasteiger partial charge on any atom is 0.330 e. The van der Waals surface area contributed by atoms with Gasteiger partial charge in [0.25, 0.3) is 12.4 Å². The second-order valence-electron chi connectivity index (χ2n) is 5.86. The summed E-state index contributed by atoms with van der Waals surface area (Å²) in [4.78, 5) is 48.3. The summed E-state index contributed by atoms with van der Waals surface area (Å²) in [5.41, 5.74) is 0.900. The van der Waals surface area contributed by atoms with E-state index in [2.05, 4.69) is 11.9 Å². The molecular formula is C17H16N2O6S. The summed E-state index contributed by atoms with van der Waals surface area (Å²) >= 11 is 1.33. The lowest BCUT2D eigenvalue weighted by Crippen LogP contribution is -2.74. The number of nitrogens with zero attached hydrogens (tertiary/aromatic N) is 1. The van der Waals surface area contributed by atoms with Crippen LogP contribution in [0.15, 0.2) is 42.5 Å². The molecule has 3 rings (SSSR count). The summed E-state index contributed by atoms with van der Waals surface area (Å²) in [5.74, 6) is -1.91. The quantitative estimate of drug-likeness (QED) is 0.417. The van der Waals surface area contributed by atoms with Crippen LogP contribution in [0.5, 0.6) is 0 Å². The molecule has 1 aromatic carbocycles. The Morgan fingerprint density at radius 3 is 2.69 bits per heavy atom. The molecule has 2 aliphatic rings. The van der Waals surface area contributed by atoms with Gasteiger partial charge >= 0.3 is 5.97 Å². The van der Waals surface area contributed by atoms with E-state index in [4.69, 9.17) is 4.74 Å². The van der Waals surface area contributed by atoms with Crippen LogP contribution in [0.4, 0.5) is 0 Å². The normalized spacial score (nSPS) is 25.5. The van der Waals surface area contributed by atoms with Gasteiger partial charge in [0.2, 0.25) is 12.0 Å². The number of hydrogen-bond acceptors (Lipinski definition) is 6. The number of nitrogens with one attached hydrogen (secondary N) is 1. The monoisotopic (exact) mass is 376 g/mol. The van der Waals surface area contributed by atoms with E-state index >= 15 is 0 Å². The zero-order chi connectivity index (χ0) is 18.8. The Bertz CT molecular complexity index is 768. The van der Waals surface area contributed by atoms with Gasteiger partial charge in [0.1, 0.15) is 11.4 Å². The van der Waals surface area contributed by atoms with Crippen LogP contribution in [0.3, 0.4) is 0 Å². The highest BCUT2D eigenvalue weighted by Gasteiger charge is 2.56. The molecule has 0 aliphatic carbocycles. The minimum absolute atomic E-state index is 0.173. The first-order valence-electron chi connectivity index (χ1n) is 7.74. The van der Waals surface area contributed by atoms with E-state index in [1.54, 1.807) is 30.3 Å².